The summed E-state index contributed by atoms with van der Waals surface area (Å²) >= 11 is 0. The number of aliphatic imine (C=N–C) groups is 1. The van der Waals surface area contributed by atoms with Crippen molar-refractivity contribution in [2.45, 2.75) is 40.2 Å². The van der Waals surface area contributed by atoms with Crippen LogP contribution in [-0.4, -0.2) is 71.6 Å². The predicted octanol–water partition coefficient (Wildman–Crippen LogP) is 0.927. The lowest BCUT2D eigenvalue weighted by Gasteiger charge is -2.26. The molecule has 0 amide bonds. The second-order valence-electron chi connectivity index (χ2n) is 7.23. The molecule has 26 heavy (non-hydrogen) atoms. The molecule has 0 saturated carbocycles. The van der Waals surface area contributed by atoms with Crippen molar-refractivity contribution in [1.29, 1.82) is 0 Å². The zero-order valence-corrected chi connectivity index (χ0v) is 16.8. The van der Waals surface area contributed by atoms with E-state index in [1.807, 2.05) is 18.5 Å². The number of nitrogens with one attached hydrogen (secondary N) is 2. The molecule has 1 aliphatic heterocycles. The fourth-order valence-corrected chi connectivity index (χ4v) is 2.79. The van der Waals surface area contributed by atoms with E-state index in [1.54, 1.807) is 0 Å². The number of ether oxygens (including phenoxy) is 1. The summed E-state index contributed by atoms with van der Waals surface area (Å²) in [6.07, 6.45) is 2.36. The number of hydrogen-bond donors (Lipinski definition) is 2. The maximum Gasteiger partial charge on any atom is 0.191 e. The smallest absolute Gasteiger partial charge is 0.191 e. The molecule has 0 aliphatic carbocycles. The number of aryl methyl sites for hydroxylation is 1. The molecule has 1 saturated heterocycles. The summed E-state index contributed by atoms with van der Waals surface area (Å²) in [5.41, 5.74) is 0. The van der Waals surface area contributed by atoms with Gasteiger partial charge in [-0.05, 0) is 25.7 Å². The Morgan fingerprint density at radius 3 is 2.58 bits per heavy atom. The van der Waals surface area contributed by atoms with Crippen molar-refractivity contribution in [3.8, 4) is 0 Å². The Hall–Kier alpha value is -1.67. The highest BCUT2D eigenvalue weighted by molar-refractivity contribution is 5.79. The molecule has 2 heterocycles. The van der Waals surface area contributed by atoms with E-state index < -0.39 is 0 Å². The molecule has 8 nitrogen and oxygen atoms in total. The summed E-state index contributed by atoms with van der Waals surface area (Å²) in [6.45, 7) is 13.5. The molecule has 148 valence electrons. The van der Waals surface area contributed by atoms with Crippen molar-refractivity contribution in [1.82, 2.24) is 30.3 Å². The van der Waals surface area contributed by atoms with E-state index >= 15 is 0 Å². The minimum atomic E-state index is 0.522. The Kier molecular flexibility index (Phi) is 8.84. The fraction of sp³-hybridized carbons (Fsp3) is 0.833. The minimum Gasteiger partial charge on any atom is -0.379 e. The van der Waals surface area contributed by atoms with Crippen LogP contribution in [0.25, 0.3) is 0 Å². The SMILES string of the molecule is Cc1nnc(CN=C(NCCCC(C)C)NCCN2CCOCC2)n1C. The largest absolute Gasteiger partial charge is 0.379 e. The highest BCUT2D eigenvalue weighted by Gasteiger charge is 2.10. The Labute approximate surface area is 157 Å². The summed E-state index contributed by atoms with van der Waals surface area (Å²) in [6, 6.07) is 0. The van der Waals surface area contributed by atoms with Gasteiger partial charge in [-0.2, -0.15) is 0 Å². The van der Waals surface area contributed by atoms with Crippen molar-refractivity contribution in [3.05, 3.63) is 11.6 Å². The molecule has 2 N–H and O–H groups in total. The van der Waals surface area contributed by atoms with Crippen molar-refractivity contribution >= 4 is 5.96 Å². The van der Waals surface area contributed by atoms with Crippen LogP contribution >= 0.6 is 0 Å². The number of rotatable bonds is 9. The number of aromatic nitrogens is 3. The Bertz CT molecular complexity index is 550. The summed E-state index contributed by atoms with van der Waals surface area (Å²) in [7, 11) is 1.97. The third-order valence-electron chi connectivity index (χ3n) is 4.64. The minimum absolute atomic E-state index is 0.522. The van der Waals surface area contributed by atoms with Crippen LogP contribution in [0.15, 0.2) is 4.99 Å². The lowest BCUT2D eigenvalue weighted by atomic mass is 10.1. The Morgan fingerprint density at radius 2 is 1.92 bits per heavy atom. The van der Waals surface area contributed by atoms with E-state index in [0.29, 0.717) is 6.54 Å². The number of nitrogens with zero attached hydrogens (tertiary/aromatic N) is 5. The first kappa shape index (κ1) is 20.6. The third-order valence-corrected chi connectivity index (χ3v) is 4.64. The maximum absolute atomic E-state index is 5.40. The fourth-order valence-electron chi connectivity index (χ4n) is 2.79. The van der Waals surface area contributed by atoms with E-state index in [4.69, 9.17) is 9.73 Å². The molecule has 0 aromatic carbocycles. The maximum atomic E-state index is 5.40. The molecule has 2 rings (SSSR count). The quantitative estimate of drug-likeness (QED) is 0.385. The van der Waals surface area contributed by atoms with Gasteiger partial charge in [0.05, 0.1) is 13.2 Å². The standard InChI is InChI=1S/C18H35N7O/c1-15(2)6-5-7-19-18(20-8-9-25-10-12-26-13-11-25)21-14-17-23-22-16(3)24(17)4/h15H,5-14H2,1-4H3,(H2,19,20,21). The van der Waals surface area contributed by atoms with Crippen LogP contribution in [0.3, 0.4) is 0 Å². The number of hydrogen-bond acceptors (Lipinski definition) is 5. The first-order chi connectivity index (χ1) is 12.6. The molecule has 0 bridgehead atoms. The van der Waals surface area contributed by atoms with Gasteiger partial charge in [0, 0.05) is 39.8 Å². The number of guanidine groups is 1. The van der Waals surface area contributed by atoms with Gasteiger partial charge < -0.3 is 19.9 Å². The molecular weight excluding hydrogens is 330 g/mol. The van der Waals surface area contributed by atoms with E-state index in [0.717, 1.165) is 75.9 Å². The lowest BCUT2D eigenvalue weighted by molar-refractivity contribution is 0.0389. The first-order valence-electron chi connectivity index (χ1n) is 9.73. The zero-order chi connectivity index (χ0) is 18.8. The van der Waals surface area contributed by atoms with E-state index in [2.05, 4.69) is 39.6 Å². The van der Waals surface area contributed by atoms with Crippen LogP contribution in [-0.2, 0) is 18.3 Å². The van der Waals surface area contributed by atoms with Gasteiger partial charge in [0.25, 0.3) is 0 Å². The molecule has 0 atom stereocenters. The van der Waals surface area contributed by atoms with Gasteiger partial charge in [-0.3, -0.25) is 4.90 Å². The van der Waals surface area contributed by atoms with Crippen molar-refractivity contribution in [2.75, 3.05) is 45.9 Å². The molecular formula is C18H35N7O. The van der Waals surface area contributed by atoms with Gasteiger partial charge in [0.1, 0.15) is 12.4 Å². The normalized spacial score (nSPS) is 16.3. The van der Waals surface area contributed by atoms with E-state index in [1.165, 1.54) is 6.42 Å². The molecule has 1 aromatic rings. The highest BCUT2D eigenvalue weighted by atomic mass is 16.5. The van der Waals surface area contributed by atoms with E-state index in [9.17, 15) is 0 Å². The van der Waals surface area contributed by atoms with Crippen LogP contribution in [0, 0.1) is 12.8 Å². The molecule has 1 aliphatic rings. The van der Waals surface area contributed by atoms with Gasteiger partial charge in [0.15, 0.2) is 11.8 Å². The average molecular weight is 366 g/mol. The van der Waals surface area contributed by atoms with Gasteiger partial charge in [-0.25, -0.2) is 4.99 Å². The topological polar surface area (TPSA) is 79.6 Å². The van der Waals surface area contributed by atoms with Crippen LogP contribution in [0.4, 0.5) is 0 Å². The van der Waals surface area contributed by atoms with Crippen molar-refractivity contribution in [3.63, 3.8) is 0 Å². The lowest BCUT2D eigenvalue weighted by Crippen LogP contribution is -2.44. The average Bonchev–Trinajstić information content (AvgIpc) is 2.95. The molecule has 1 fully saturated rings. The summed E-state index contributed by atoms with van der Waals surface area (Å²) in [5.74, 6) is 3.36. The van der Waals surface area contributed by atoms with E-state index in [-0.39, 0.29) is 0 Å². The van der Waals surface area contributed by atoms with Gasteiger partial charge in [-0.1, -0.05) is 13.8 Å². The van der Waals surface area contributed by atoms with Crippen LogP contribution < -0.4 is 10.6 Å². The molecule has 8 heteroatoms. The zero-order valence-electron chi connectivity index (χ0n) is 16.8. The summed E-state index contributed by atoms with van der Waals surface area (Å²) in [5, 5.41) is 15.2. The van der Waals surface area contributed by atoms with Crippen LogP contribution in [0.1, 0.15) is 38.3 Å². The molecule has 0 unspecified atom stereocenters. The predicted molar refractivity (Wildman–Crippen MR) is 104 cm³/mol. The summed E-state index contributed by atoms with van der Waals surface area (Å²) in [4.78, 5) is 7.11. The summed E-state index contributed by atoms with van der Waals surface area (Å²) < 4.78 is 7.38. The van der Waals surface area contributed by atoms with Gasteiger partial charge >= 0.3 is 0 Å². The van der Waals surface area contributed by atoms with Crippen LogP contribution in [0.5, 0.6) is 0 Å². The first-order valence-corrected chi connectivity index (χ1v) is 9.73. The molecule has 0 radical (unpaired) electrons. The molecule has 0 spiro atoms. The monoisotopic (exact) mass is 365 g/mol. The van der Waals surface area contributed by atoms with Crippen LogP contribution in [0.2, 0.25) is 0 Å². The second-order valence-corrected chi connectivity index (χ2v) is 7.23. The van der Waals surface area contributed by atoms with Gasteiger partial charge in [-0.15, -0.1) is 10.2 Å². The molecule has 1 aromatic heterocycles. The van der Waals surface area contributed by atoms with Gasteiger partial charge in [0.2, 0.25) is 0 Å². The number of morpholine rings is 1. The van der Waals surface area contributed by atoms with Crippen molar-refractivity contribution in [2.24, 2.45) is 18.0 Å². The van der Waals surface area contributed by atoms with Crippen molar-refractivity contribution < 1.29 is 4.74 Å². The Balaban J connectivity index is 1.82. The highest BCUT2D eigenvalue weighted by Crippen LogP contribution is 2.02. The Morgan fingerprint density at radius 1 is 1.19 bits per heavy atom. The second kappa shape index (κ2) is 11.1. The third kappa shape index (κ3) is 7.29.